The smallest absolute Gasteiger partial charge is 0.420 e. The zero-order chi connectivity index (χ0) is 13.9. The van der Waals surface area contributed by atoms with Crippen molar-refractivity contribution in [2.45, 2.75) is 55.4 Å². The van der Waals surface area contributed by atoms with Crippen LogP contribution in [0.5, 0.6) is 0 Å². The first-order valence-electron chi connectivity index (χ1n) is 5.21. The third-order valence-corrected chi connectivity index (χ3v) is 3.83. The normalized spacial score (nSPS) is 19.3. The second-order valence-electron chi connectivity index (χ2n) is 3.85. The minimum absolute atomic E-state index is 0.106. The average Bonchev–Trinajstić information content (AvgIpc) is 2.22. The minimum atomic E-state index is -4.83. The van der Waals surface area contributed by atoms with Gasteiger partial charge in [0.25, 0.3) is 0 Å². The molecule has 0 bridgehead atoms. The maximum Gasteiger partial charge on any atom is 0.420 e. The molecule has 0 amide bonds. The van der Waals surface area contributed by atoms with Crippen molar-refractivity contribution in [2.75, 3.05) is 0 Å². The van der Waals surface area contributed by atoms with Crippen LogP contribution in [0.1, 0.15) is 33.6 Å². The summed E-state index contributed by atoms with van der Waals surface area (Å²) in [6.07, 6.45) is -6.06. The molecule has 7 heteroatoms. The van der Waals surface area contributed by atoms with Gasteiger partial charge in [-0.05, 0) is 19.8 Å². The van der Waals surface area contributed by atoms with Gasteiger partial charge in [-0.2, -0.15) is 13.2 Å². The number of esters is 1. The number of ether oxygens (including phenoxy) is 1. The van der Waals surface area contributed by atoms with Crippen molar-refractivity contribution in [1.29, 1.82) is 0 Å². The van der Waals surface area contributed by atoms with E-state index in [4.69, 9.17) is 4.74 Å². The van der Waals surface area contributed by atoms with E-state index in [-0.39, 0.29) is 6.42 Å². The fourth-order valence-electron chi connectivity index (χ4n) is 1.16. The summed E-state index contributed by atoms with van der Waals surface area (Å²) in [6, 6.07) is 0. The highest BCUT2D eigenvalue weighted by Gasteiger charge is 2.56. The standard InChI is InChI=1S/C10H16F3IO3/c1-4-6(14)8(15)17-7(5-2)9(3,16)10(11,12)13/h6-7,16H,4-5H2,1-3H3. The Morgan fingerprint density at radius 2 is 1.82 bits per heavy atom. The van der Waals surface area contributed by atoms with Gasteiger partial charge in [0.05, 0.1) is 0 Å². The van der Waals surface area contributed by atoms with Gasteiger partial charge in [-0.3, -0.25) is 4.79 Å². The molecule has 0 saturated heterocycles. The predicted octanol–water partition coefficient (Wildman–Crippen LogP) is 2.84. The van der Waals surface area contributed by atoms with Crippen molar-refractivity contribution in [1.82, 2.24) is 0 Å². The number of carbonyl (C=O) groups excluding carboxylic acids is 1. The summed E-state index contributed by atoms with van der Waals surface area (Å²) in [5, 5.41) is 9.41. The molecule has 102 valence electrons. The number of hydrogen-bond donors (Lipinski definition) is 1. The number of rotatable bonds is 5. The average molecular weight is 368 g/mol. The molecule has 0 aromatic carbocycles. The Balaban J connectivity index is 4.81. The molecule has 3 atom stereocenters. The van der Waals surface area contributed by atoms with Crippen molar-refractivity contribution in [2.24, 2.45) is 0 Å². The maximum atomic E-state index is 12.6. The van der Waals surface area contributed by atoms with Gasteiger partial charge in [-0.25, -0.2) is 0 Å². The van der Waals surface area contributed by atoms with E-state index in [0.29, 0.717) is 13.3 Å². The van der Waals surface area contributed by atoms with Crippen molar-refractivity contribution >= 4 is 28.6 Å². The third-order valence-electron chi connectivity index (χ3n) is 2.44. The van der Waals surface area contributed by atoms with Crippen LogP contribution in [0.3, 0.4) is 0 Å². The Hall–Kier alpha value is -0.0500. The fourth-order valence-corrected chi connectivity index (χ4v) is 1.31. The van der Waals surface area contributed by atoms with E-state index in [1.54, 1.807) is 29.5 Å². The van der Waals surface area contributed by atoms with Crippen molar-refractivity contribution in [3.63, 3.8) is 0 Å². The monoisotopic (exact) mass is 368 g/mol. The molecule has 0 aromatic rings. The highest BCUT2D eigenvalue weighted by atomic mass is 127. The van der Waals surface area contributed by atoms with Gasteiger partial charge < -0.3 is 9.84 Å². The second kappa shape index (κ2) is 6.21. The van der Waals surface area contributed by atoms with Crippen LogP contribution in [0.4, 0.5) is 13.2 Å². The molecule has 1 N–H and O–H groups in total. The maximum absolute atomic E-state index is 12.6. The summed E-state index contributed by atoms with van der Waals surface area (Å²) >= 11 is 1.79. The van der Waals surface area contributed by atoms with E-state index in [2.05, 4.69) is 0 Å². The van der Waals surface area contributed by atoms with E-state index < -0.39 is 27.8 Å². The SMILES string of the molecule is CCC(I)C(=O)OC(CC)C(C)(O)C(F)(F)F. The molecule has 0 heterocycles. The van der Waals surface area contributed by atoms with Crippen LogP contribution in [0.2, 0.25) is 0 Å². The molecule has 0 aliphatic rings. The molecule has 0 spiro atoms. The minimum Gasteiger partial charge on any atom is -0.458 e. The molecule has 0 saturated carbocycles. The van der Waals surface area contributed by atoms with Gasteiger partial charge in [0, 0.05) is 0 Å². The summed E-state index contributed by atoms with van der Waals surface area (Å²) in [6.45, 7) is 3.76. The Bertz CT molecular complexity index is 266. The lowest BCUT2D eigenvalue weighted by Gasteiger charge is -2.33. The first-order valence-corrected chi connectivity index (χ1v) is 6.46. The second-order valence-corrected chi connectivity index (χ2v) is 5.36. The van der Waals surface area contributed by atoms with Crippen LogP contribution in [0.25, 0.3) is 0 Å². The van der Waals surface area contributed by atoms with Crippen LogP contribution in [-0.4, -0.2) is 32.9 Å². The Morgan fingerprint density at radius 3 is 2.12 bits per heavy atom. The molecule has 0 aliphatic carbocycles. The van der Waals surface area contributed by atoms with Crippen molar-refractivity contribution in [3.8, 4) is 0 Å². The first kappa shape index (κ1) is 16.9. The molecule has 0 fully saturated rings. The molecule has 0 rings (SSSR count). The van der Waals surface area contributed by atoms with E-state index in [1.807, 2.05) is 0 Å². The molecule has 3 unspecified atom stereocenters. The Kier molecular flexibility index (Phi) is 6.20. The molecule has 0 aromatic heterocycles. The van der Waals surface area contributed by atoms with Gasteiger partial charge in [0.15, 0.2) is 5.60 Å². The van der Waals surface area contributed by atoms with Crippen LogP contribution >= 0.6 is 22.6 Å². The topological polar surface area (TPSA) is 46.5 Å². The van der Waals surface area contributed by atoms with Crippen LogP contribution in [-0.2, 0) is 9.53 Å². The lowest BCUT2D eigenvalue weighted by atomic mass is 9.96. The first-order chi connectivity index (χ1) is 7.57. The summed E-state index contributed by atoms with van der Waals surface area (Å²) in [5.41, 5.74) is -3.03. The van der Waals surface area contributed by atoms with Gasteiger partial charge in [-0.15, -0.1) is 0 Å². The van der Waals surface area contributed by atoms with Gasteiger partial charge >= 0.3 is 12.1 Å². The Morgan fingerprint density at radius 1 is 1.35 bits per heavy atom. The lowest BCUT2D eigenvalue weighted by Crippen LogP contribution is -2.53. The highest BCUT2D eigenvalue weighted by molar-refractivity contribution is 14.1. The van der Waals surface area contributed by atoms with Gasteiger partial charge in [-0.1, -0.05) is 36.4 Å². The van der Waals surface area contributed by atoms with Crippen molar-refractivity contribution < 1.29 is 27.8 Å². The van der Waals surface area contributed by atoms with Crippen LogP contribution in [0, 0.1) is 0 Å². The molecule has 0 aliphatic heterocycles. The molecular weight excluding hydrogens is 352 g/mol. The van der Waals surface area contributed by atoms with Crippen LogP contribution in [0.15, 0.2) is 0 Å². The zero-order valence-electron chi connectivity index (χ0n) is 9.84. The summed E-state index contributed by atoms with van der Waals surface area (Å²) in [7, 11) is 0. The molecule has 3 nitrogen and oxygen atoms in total. The van der Waals surface area contributed by atoms with E-state index in [1.165, 1.54) is 6.92 Å². The Labute approximate surface area is 112 Å². The number of hydrogen-bond acceptors (Lipinski definition) is 3. The number of aliphatic hydroxyl groups is 1. The fraction of sp³-hybridized carbons (Fsp3) is 0.900. The highest BCUT2D eigenvalue weighted by Crippen LogP contribution is 2.35. The summed E-state index contributed by atoms with van der Waals surface area (Å²) < 4.78 is 41.9. The number of alkyl halides is 4. The quantitative estimate of drug-likeness (QED) is 0.461. The van der Waals surface area contributed by atoms with Gasteiger partial charge in [0.2, 0.25) is 0 Å². The lowest BCUT2D eigenvalue weighted by molar-refractivity contribution is -0.285. The number of halogens is 4. The van der Waals surface area contributed by atoms with Crippen molar-refractivity contribution in [3.05, 3.63) is 0 Å². The molecule has 17 heavy (non-hydrogen) atoms. The zero-order valence-corrected chi connectivity index (χ0v) is 12.0. The third kappa shape index (κ3) is 4.27. The summed E-state index contributed by atoms with van der Waals surface area (Å²) in [5.74, 6) is -0.732. The number of carbonyl (C=O) groups is 1. The summed E-state index contributed by atoms with van der Waals surface area (Å²) in [4.78, 5) is 11.4. The molecule has 0 radical (unpaired) electrons. The predicted molar refractivity (Wildman–Crippen MR) is 64.9 cm³/mol. The van der Waals surface area contributed by atoms with Gasteiger partial charge in [0.1, 0.15) is 10.0 Å². The molecular formula is C10H16F3IO3. The largest absolute Gasteiger partial charge is 0.458 e. The van der Waals surface area contributed by atoms with E-state index in [9.17, 15) is 23.1 Å². The van der Waals surface area contributed by atoms with Crippen LogP contribution < -0.4 is 0 Å². The van der Waals surface area contributed by atoms with E-state index >= 15 is 0 Å². The van der Waals surface area contributed by atoms with E-state index in [0.717, 1.165) is 0 Å².